The molecule has 0 bridgehead atoms. The van der Waals surface area contributed by atoms with E-state index in [0.717, 1.165) is 5.69 Å². The first kappa shape index (κ1) is 23.3. The Labute approximate surface area is 187 Å². The van der Waals surface area contributed by atoms with Gasteiger partial charge in [-0.15, -0.1) is 0 Å². The maximum atomic E-state index is 13.0. The molecular formula is C21H31N7O4. The Hall–Kier alpha value is -3.37. The lowest BCUT2D eigenvalue weighted by Gasteiger charge is -2.35. The molecular weight excluding hydrogens is 414 g/mol. The van der Waals surface area contributed by atoms with Crippen molar-refractivity contribution >= 4 is 23.6 Å². The van der Waals surface area contributed by atoms with Crippen LogP contribution in [0.25, 0.3) is 0 Å². The number of aromatic nitrogens is 4. The average Bonchev–Trinajstić information content (AvgIpc) is 3.35. The number of ether oxygens (including phenoxy) is 1. The van der Waals surface area contributed by atoms with Crippen molar-refractivity contribution in [3.63, 3.8) is 0 Å². The third-order valence-electron chi connectivity index (χ3n) is 5.68. The van der Waals surface area contributed by atoms with Gasteiger partial charge in [0.2, 0.25) is 5.91 Å². The molecule has 0 aromatic carbocycles. The minimum absolute atomic E-state index is 0.0889. The molecule has 3 rings (SSSR count). The first-order valence-electron chi connectivity index (χ1n) is 10.9. The molecule has 11 nitrogen and oxygen atoms in total. The molecule has 1 aliphatic rings. The molecule has 2 aromatic rings. The zero-order valence-electron chi connectivity index (χ0n) is 19.3. The smallest absolute Gasteiger partial charge is 0.409 e. The van der Waals surface area contributed by atoms with E-state index >= 15 is 0 Å². The minimum Gasteiger partial charge on any atom is -0.450 e. The van der Waals surface area contributed by atoms with Crippen LogP contribution in [-0.2, 0) is 16.1 Å². The molecule has 11 heteroatoms. The lowest BCUT2D eigenvalue weighted by atomic mass is 10.2. The van der Waals surface area contributed by atoms with Gasteiger partial charge in [0.15, 0.2) is 0 Å². The van der Waals surface area contributed by atoms with Gasteiger partial charge in [0.1, 0.15) is 6.04 Å². The normalized spacial score (nSPS) is 14.9. The summed E-state index contributed by atoms with van der Waals surface area (Å²) in [5.41, 5.74) is 2.46. The van der Waals surface area contributed by atoms with Gasteiger partial charge in [-0.05, 0) is 34.6 Å². The van der Waals surface area contributed by atoms with Crippen LogP contribution in [0.3, 0.4) is 0 Å². The lowest BCUT2D eigenvalue weighted by molar-refractivity contribution is -0.136. The third kappa shape index (κ3) is 4.76. The molecule has 1 saturated heterocycles. The van der Waals surface area contributed by atoms with Crippen LogP contribution in [0.15, 0.2) is 12.4 Å². The fraction of sp³-hybridized carbons (Fsp3) is 0.571. The number of carbonyl (C=O) groups excluding carboxylic acids is 3. The molecule has 1 N–H and O–H groups in total. The van der Waals surface area contributed by atoms with Crippen molar-refractivity contribution in [2.45, 2.75) is 47.2 Å². The number of anilines is 1. The molecule has 0 radical (unpaired) electrons. The number of piperazine rings is 1. The third-order valence-corrected chi connectivity index (χ3v) is 5.68. The number of aryl methyl sites for hydroxylation is 2. The van der Waals surface area contributed by atoms with Gasteiger partial charge in [-0.2, -0.15) is 10.2 Å². The molecule has 2 aromatic heterocycles. The Morgan fingerprint density at radius 2 is 1.78 bits per heavy atom. The molecule has 3 amide bonds. The lowest BCUT2D eigenvalue weighted by Crippen LogP contribution is -2.52. The van der Waals surface area contributed by atoms with Gasteiger partial charge in [0, 0.05) is 44.6 Å². The Morgan fingerprint density at radius 3 is 2.38 bits per heavy atom. The SMILES string of the molecule is CCOC(=O)N1CCN(C(=O)C(C)n2cc(NC(=O)c3cnn(CC)c3C)c(C)n2)CC1. The topological polar surface area (TPSA) is 115 Å². The molecule has 1 aliphatic heterocycles. The molecule has 1 fully saturated rings. The van der Waals surface area contributed by atoms with Gasteiger partial charge >= 0.3 is 6.09 Å². The zero-order valence-corrected chi connectivity index (χ0v) is 19.3. The van der Waals surface area contributed by atoms with Gasteiger partial charge < -0.3 is 19.9 Å². The number of hydrogen-bond donors (Lipinski definition) is 1. The molecule has 0 saturated carbocycles. The van der Waals surface area contributed by atoms with Crippen molar-refractivity contribution in [3.8, 4) is 0 Å². The van der Waals surface area contributed by atoms with Crippen molar-refractivity contribution in [3.05, 3.63) is 29.3 Å². The summed E-state index contributed by atoms with van der Waals surface area (Å²) in [6.07, 6.45) is 2.87. The van der Waals surface area contributed by atoms with Crippen LogP contribution in [0.4, 0.5) is 10.5 Å². The highest BCUT2D eigenvalue weighted by Gasteiger charge is 2.29. The van der Waals surface area contributed by atoms with Crippen LogP contribution >= 0.6 is 0 Å². The van der Waals surface area contributed by atoms with Crippen molar-refractivity contribution < 1.29 is 19.1 Å². The van der Waals surface area contributed by atoms with Gasteiger partial charge in [-0.3, -0.25) is 19.0 Å². The summed E-state index contributed by atoms with van der Waals surface area (Å²) < 4.78 is 8.34. The van der Waals surface area contributed by atoms with Gasteiger partial charge in [0.05, 0.1) is 29.7 Å². The molecule has 1 atom stereocenters. The van der Waals surface area contributed by atoms with Gasteiger partial charge in [-0.25, -0.2) is 4.79 Å². The van der Waals surface area contributed by atoms with E-state index in [1.54, 1.807) is 52.3 Å². The van der Waals surface area contributed by atoms with Gasteiger partial charge in [-0.1, -0.05) is 0 Å². The van der Waals surface area contributed by atoms with Crippen LogP contribution in [-0.4, -0.2) is 80.1 Å². The second-order valence-corrected chi connectivity index (χ2v) is 7.71. The van der Waals surface area contributed by atoms with Crippen molar-refractivity contribution in [2.75, 3.05) is 38.1 Å². The van der Waals surface area contributed by atoms with Crippen molar-refractivity contribution in [1.82, 2.24) is 29.4 Å². The summed E-state index contributed by atoms with van der Waals surface area (Å²) in [6, 6.07) is -0.543. The number of nitrogens with one attached hydrogen (secondary N) is 1. The summed E-state index contributed by atoms with van der Waals surface area (Å²) in [5, 5.41) is 11.5. The summed E-state index contributed by atoms with van der Waals surface area (Å²) in [7, 11) is 0. The predicted octanol–water partition coefficient (Wildman–Crippen LogP) is 1.83. The average molecular weight is 446 g/mol. The van der Waals surface area contributed by atoms with Crippen LogP contribution in [0.2, 0.25) is 0 Å². The van der Waals surface area contributed by atoms with Crippen LogP contribution in [0.1, 0.15) is 48.6 Å². The summed E-state index contributed by atoms with van der Waals surface area (Å²) in [4.78, 5) is 40.8. The minimum atomic E-state index is -0.543. The second-order valence-electron chi connectivity index (χ2n) is 7.71. The zero-order chi connectivity index (χ0) is 23.4. The first-order valence-corrected chi connectivity index (χ1v) is 10.9. The van der Waals surface area contributed by atoms with E-state index in [-0.39, 0.29) is 17.9 Å². The van der Waals surface area contributed by atoms with E-state index in [0.29, 0.717) is 56.3 Å². The Kier molecular flexibility index (Phi) is 7.16. The van der Waals surface area contributed by atoms with Crippen molar-refractivity contribution in [1.29, 1.82) is 0 Å². The van der Waals surface area contributed by atoms with E-state index < -0.39 is 6.04 Å². The van der Waals surface area contributed by atoms with Crippen LogP contribution < -0.4 is 5.32 Å². The molecule has 1 unspecified atom stereocenters. The fourth-order valence-corrected chi connectivity index (χ4v) is 3.68. The predicted molar refractivity (Wildman–Crippen MR) is 117 cm³/mol. The summed E-state index contributed by atoms with van der Waals surface area (Å²) in [6.45, 7) is 11.9. The fourth-order valence-electron chi connectivity index (χ4n) is 3.68. The largest absolute Gasteiger partial charge is 0.450 e. The number of hydrogen-bond acceptors (Lipinski definition) is 6. The Morgan fingerprint density at radius 1 is 1.12 bits per heavy atom. The van der Waals surface area contributed by atoms with E-state index in [1.807, 2.05) is 13.8 Å². The highest BCUT2D eigenvalue weighted by atomic mass is 16.6. The van der Waals surface area contributed by atoms with E-state index in [1.165, 1.54) is 0 Å². The summed E-state index contributed by atoms with van der Waals surface area (Å²) in [5.74, 6) is -0.354. The maximum Gasteiger partial charge on any atom is 0.409 e. The second kappa shape index (κ2) is 9.84. The van der Waals surface area contributed by atoms with E-state index in [4.69, 9.17) is 4.74 Å². The molecule has 0 spiro atoms. The Balaban J connectivity index is 1.63. The number of amides is 3. The maximum absolute atomic E-state index is 13.0. The van der Waals surface area contributed by atoms with Crippen LogP contribution in [0.5, 0.6) is 0 Å². The van der Waals surface area contributed by atoms with Crippen LogP contribution in [0, 0.1) is 13.8 Å². The number of rotatable bonds is 6. The van der Waals surface area contributed by atoms with Crippen molar-refractivity contribution in [2.24, 2.45) is 0 Å². The molecule has 32 heavy (non-hydrogen) atoms. The first-order chi connectivity index (χ1) is 15.3. The Bertz CT molecular complexity index is 988. The monoisotopic (exact) mass is 445 g/mol. The molecule has 3 heterocycles. The number of nitrogens with zero attached hydrogens (tertiary/aromatic N) is 6. The standard InChI is InChI=1S/C21H31N7O4/c1-6-27-15(4)17(12-22-27)19(29)23-18-13-28(24-14(18)3)16(5)20(30)25-8-10-26(11-9-25)21(31)32-7-2/h12-13,16H,6-11H2,1-5H3,(H,23,29). The van der Waals surface area contributed by atoms with Gasteiger partial charge in [0.25, 0.3) is 5.91 Å². The molecule has 0 aliphatic carbocycles. The highest BCUT2D eigenvalue weighted by Crippen LogP contribution is 2.20. The van der Waals surface area contributed by atoms with E-state index in [2.05, 4.69) is 15.5 Å². The number of carbonyl (C=O) groups is 3. The molecule has 174 valence electrons. The summed E-state index contributed by atoms with van der Waals surface area (Å²) >= 11 is 0. The van der Waals surface area contributed by atoms with E-state index in [9.17, 15) is 14.4 Å². The highest BCUT2D eigenvalue weighted by molar-refractivity contribution is 6.05. The quantitative estimate of drug-likeness (QED) is 0.726.